The third-order valence-electron chi connectivity index (χ3n) is 33.2. The van der Waals surface area contributed by atoms with Crippen molar-refractivity contribution in [2.45, 2.75) is 198 Å². The summed E-state index contributed by atoms with van der Waals surface area (Å²) >= 11 is 18.4. The zero-order valence-electron chi connectivity index (χ0n) is 85.2. The smallest absolute Gasteiger partial charge is 0.264 e. The third kappa shape index (κ3) is 20.6. The highest BCUT2D eigenvalue weighted by Gasteiger charge is 2.54. The molecule has 36 nitrogen and oxygen atoms in total. The molecule has 145 heavy (non-hydrogen) atoms. The molecule has 10 atom stereocenters. The summed E-state index contributed by atoms with van der Waals surface area (Å²) in [5, 5.41) is 1.26. The van der Waals surface area contributed by atoms with Crippen LogP contribution in [0.1, 0.15) is 137 Å². The van der Waals surface area contributed by atoms with Gasteiger partial charge in [0.1, 0.15) is 34.8 Å². The molecule has 11 fully saturated rings. The molecule has 21 rings (SSSR count). The number of hydrogen-bond acceptors (Lipinski definition) is 31. The number of anilines is 10. The summed E-state index contributed by atoms with van der Waals surface area (Å²) in [6.07, 6.45) is 12.1. The second-order valence-electron chi connectivity index (χ2n) is 42.2. The van der Waals surface area contributed by atoms with Crippen LogP contribution in [0.3, 0.4) is 0 Å². The van der Waals surface area contributed by atoms with Crippen LogP contribution in [0, 0.1) is 27.1 Å². The fourth-order valence-corrected chi connectivity index (χ4v) is 23.5. The topological polar surface area (TPSA) is 506 Å². The number of rotatable bonds is 13. The maximum Gasteiger partial charge on any atom is 0.264 e. The highest BCUT2D eigenvalue weighted by atomic mass is 35.5. The van der Waals surface area contributed by atoms with Crippen LogP contribution in [0.15, 0.2) is 145 Å². The predicted molar refractivity (Wildman–Crippen MR) is 576 cm³/mol. The minimum Gasteiger partial charge on any atom is -0.490 e. The summed E-state index contributed by atoms with van der Waals surface area (Å²) in [6, 6.07) is 37.4. The van der Waals surface area contributed by atoms with Crippen molar-refractivity contribution in [1.29, 1.82) is 0 Å². The molecule has 1 aliphatic carbocycles. The molecule has 778 valence electrons. The highest BCUT2D eigenvalue weighted by molar-refractivity contribution is 6.43. The van der Waals surface area contributed by atoms with Gasteiger partial charge in [0, 0.05) is 169 Å². The number of nitrogens with two attached hydrogens (primary N) is 10. The maximum absolute atomic E-state index is 13.2. The quantitative estimate of drug-likeness (QED) is 0.0512. The zero-order chi connectivity index (χ0) is 104. The highest BCUT2D eigenvalue weighted by Crippen LogP contribution is 2.49. The summed E-state index contributed by atoms with van der Waals surface area (Å²) in [5.74, 6) is 5.41. The Balaban J connectivity index is 0.000000124. The lowest BCUT2D eigenvalue weighted by Crippen LogP contribution is -2.51. The Bertz CT molecular complexity index is 6670. The second kappa shape index (κ2) is 42.5. The minimum atomic E-state index is -0.258. The van der Waals surface area contributed by atoms with E-state index in [-0.39, 0.29) is 155 Å². The first-order chi connectivity index (χ1) is 69.1. The van der Waals surface area contributed by atoms with Crippen molar-refractivity contribution >= 4 is 93.6 Å². The van der Waals surface area contributed by atoms with Gasteiger partial charge in [-0.25, -0.2) is 0 Å². The number of aromatic nitrogens is 10. The van der Waals surface area contributed by atoms with Gasteiger partial charge in [-0.15, -0.1) is 0 Å². The van der Waals surface area contributed by atoms with Crippen molar-refractivity contribution in [3.05, 3.63) is 194 Å². The lowest BCUT2D eigenvalue weighted by Gasteiger charge is -2.41. The summed E-state index contributed by atoms with van der Waals surface area (Å²) in [6.45, 7) is 25.7. The van der Waals surface area contributed by atoms with Crippen LogP contribution in [-0.4, -0.2) is 213 Å². The van der Waals surface area contributed by atoms with Crippen LogP contribution in [0.5, 0.6) is 5.75 Å². The van der Waals surface area contributed by atoms with Crippen molar-refractivity contribution in [1.82, 2.24) is 47.8 Å². The number of nitrogens with zero attached hydrogens (tertiary/aromatic N) is 15. The average molecular weight is 2050 g/mol. The number of piperidine rings is 5. The second-order valence-corrected chi connectivity index (χ2v) is 43.5. The van der Waals surface area contributed by atoms with Crippen LogP contribution >= 0.6 is 34.8 Å². The van der Waals surface area contributed by atoms with E-state index < -0.39 is 0 Å². The molecule has 10 aliphatic heterocycles. The zero-order valence-corrected chi connectivity index (χ0v) is 87.4. The van der Waals surface area contributed by atoms with Crippen LogP contribution in [-0.2, 0) is 58.9 Å². The molecule has 5 aromatic carbocycles. The standard InChI is InChI=1S/C23H31N5O3.C23H33N5O2.C20H25Cl2N5O2.C20H26ClN5O2.C20H27N5O2/c1-14-19(24)23(13-30-14)9-11-28(12-10-23)22-26-20(25)18(21(29)27(22)2)15-3-5-16(6-4-15)31-17-7-8-17;1-14(2)16-5-7-17(8-6-16)18-20(25)26-22(27(4)21(18)29)28-11-9-23(10-12-28)13-30-15(3)19(23)24;1-11-16(23)20(10-29-11)6-8-27(9-7-20)19-25-17(24)14(18(28)26(19)2)12-4-3-5-13(21)15(12)22;1-12-16(22)20(11-28-12)7-9-26(10-8-20)19-24-17(23)15(18(27)25(19)2)13-3-5-14(21)6-4-13;1-13-16(21)20(12-27-13)8-10-25(11-9-20)19-23-17(22)15(18(26)24(19)2)14-6-4-3-5-7-14/h3-6,14,17,19H,7-13,24-25H2,1-2H3;5-8,14-15,19H,9-13,24-25H2,1-4H3;3-5,11,16H,6-10,23-24H2,1-2H3;3-6,12,16H,7-11,22-23H2,1-2H3;3-7,13,16H,8-12,21-22H2,1-2H3/t14-,19+;15-,19+;11-,16+;12-,16+;13-,16+/m00000/s1. The van der Waals surface area contributed by atoms with Crippen molar-refractivity contribution in [3.63, 3.8) is 0 Å². The number of halogens is 3. The SMILES string of the molecule is CC(C)c1ccc(-c2c(N)nc(N3CCC4(CC3)CO[C@@H](C)[C@H]4N)n(C)c2=O)cc1.C[C@@H]1OCC2(CCN(c3nc(N)c(-c4ccc(Cl)cc4)c(=O)n3C)CC2)[C@@H]1N.C[C@@H]1OCC2(CCN(c3nc(N)c(-c4ccc(OC5CC5)cc4)c(=O)n3C)CC2)[C@@H]1N.C[C@@H]1OCC2(CCN(c3nc(N)c(-c4cccc(Cl)c4Cl)c(=O)n3C)CC2)[C@@H]1N.C[C@@H]1OCC2(CCN(c3nc(N)c(-c4ccccc4)c(=O)n3C)CC2)[C@@H]1N. The monoisotopic (exact) mass is 2050 g/mol. The van der Waals surface area contributed by atoms with E-state index in [1.54, 1.807) is 96.0 Å². The summed E-state index contributed by atoms with van der Waals surface area (Å²) in [4.78, 5) is 99.2. The van der Waals surface area contributed by atoms with Crippen molar-refractivity contribution in [3.8, 4) is 61.4 Å². The van der Waals surface area contributed by atoms with Crippen molar-refractivity contribution in [2.24, 2.45) is 91.0 Å². The number of hydrogen-bond donors (Lipinski definition) is 10. The Morgan fingerprint density at radius 1 is 0.331 bits per heavy atom. The Morgan fingerprint density at radius 3 is 0.834 bits per heavy atom. The molecule has 0 amide bonds. The van der Waals surface area contributed by atoms with Crippen LogP contribution < -0.4 is 114 Å². The van der Waals surface area contributed by atoms with Gasteiger partial charge in [0.15, 0.2) is 0 Å². The van der Waals surface area contributed by atoms with Gasteiger partial charge in [-0.3, -0.25) is 46.8 Å². The lowest BCUT2D eigenvalue weighted by atomic mass is 9.73. The Labute approximate surface area is 860 Å². The molecule has 0 bridgehead atoms. The molecule has 5 spiro atoms. The van der Waals surface area contributed by atoms with E-state index in [9.17, 15) is 24.0 Å². The van der Waals surface area contributed by atoms with Gasteiger partial charge in [0.2, 0.25) is 29.7 Å². The van der Waals surface area contributed by atoms with Gasteiger partial charge in [-0.1, -0.05) is 140 Å². The lowest BCUT2D eigenvalue weighted by molar-refractivity contribution is 0.0972. The molecule has 0 radical (unpaired) electrons. The molecular weight excluding hydrogens is 1910 g/mol. The van der Waals surface area contributed by atoms with Gasteiger partial charge in [-0.2, -0.15) is 24.9 Å². The number of benzene rings is 5. The molecule has 0 unspecified atom stereocenters. The summed E-state index contributed by atoms with van der Waals surface area (Å²) < 4.78 is 42.7. The van der Waals surface area contributed by atoms with E-state index in [1.165, 1.54) is 10.1 Å². The van der Waals surface area contributed by atoms with Crippen LogP contribution in [0.25, 0.3) is 55.6 Å². The van der Waals surface area contributed by atoms with E-state index >= 15 is 0 Å². The molecule has 11 aliphatic rings. The summed E-state index contributed by atoms with van der Waals surface area (Å²) in [5.41, 5.74) is 69.3. The molecular formula is C106H142Cl3N25O11. The first kappa shape index (κ1) is 105. The molecule has 10 aromatic rings. The van der Waals surface area contributed by atoms with Gasteiger partial charge < -0.3 is 110 Å². The van der Waals surface area contributed by atoms with Crippen molar-refractivity contribution < 1.29 is 28.4 Å². The van der Waals surface area contributed by atoms with E-state index in [0.717, 1.165) is 165 Å². The van der Waals surface area contributed by atoms with Crippen LogP contribution in [0.4, 0.5) is 58.8 Å². The predicted octanol–water partition coefficient (Wildman–Crippen LogP) is 10.4. The average Bonchev–Trinajstić information content (AvgIpc) is 1.75. The molecule has 15 heterocycles. The Hall–Kier alpha value is -11.2. The molecule has 5 aromatic heterocycles. The normalized spacial score (nSPS) is 24.2. The molecule has 10 saturated heterocycles. The maximum atomic E-state index is 13.2. The first-order valence-electron chi connectivity index (χ1n) is 50.7. The fraction of sp³-hybridized carbons (Fsp3) is 0.528. The molecule has 1 saturated carbocycles. The molecule has 20 N–H and O–H groups in total. The largest absolute Gasteiger partial charge is 0.490 e. The Kier molecular flexibility index (Phi) is 30.8. The molecule has 39 heteroatoms. The number of ether oxygens (including phenoxy) is 6. The fourth-order valence-electron chi connectivity index (χ4n) is 22.9. The number of nitrogen functional groups attached to an aromatic ring is 5. The van der Waals surface area contributed by atoms with Gasteiger partial charge in [0.05, 0.1) is 108 Å². The minimum absolute atomic E-state index is 0.00538. The van der Waals surface area contributed by atoms with Crippen LogP contribution in [0.2, 0.25) is 15.1 Å². The van der Waals surface area contributed by atoms with E-state index in [2.05, 4.69) is 63.3 Å². The van der Waals surface area contributed by atoms with Gasteiger partial charge in [-0.05, 0) is 176 Å². The third-order valence-corrected chi connectivity index (χ3v) is 34.2. The van der Waals surface area contributed by atoms with Gasteiger partial charge >= 0.3 is 0 Å². The Morgan fingerprint density at radius 2 is 0.579 bits per heavy atom. The first-order valence-corrected chi connectivity index (χ1v) is 51.8. The van der Waals surface area contributed by atoms with E-state index in [0.29, 0.717) is 118 Å². The van der Waals surface area contributed by atoms with Gasteiger partial charge in [0.25, 0.3) is 27.8 Å². The summed E-state index contributed by atoms with van der Waals surface area (Å²) in [7, 11) is 8.72. The van der Waals surface area contributed by atoms with E-state index in [1.807, 2.05) is 113 Å². The van der Waals surface area contributed by atoms with E-state index in [4.69, 9.17) is 121 Å². The van der Waals surface area contributed by atoms with Crippen molar-refractivity contribution in [2.75, 3.05) is 152 Å².